The number of rotatable bonds is 1. The molecule has 0 amide bonds. The van der Waals surface area contributed by atoms with Crippen molar-refractivity contribution < 1.29 is 0 Å². The van der Waals surface area contributed by atoms with Gasteiger partial charge >= 0.3 is 0 Å². The standard InChI is InChI=1S/C8H8NP/c9-5-7-3-1-2-4-8(7)6-10/h1-4H,6,10H2. The molecule has 0 heterocycles. The van der Waals surface area contributed by atoms with E-state index in [1.54, 1.807) is 0 Å². The van der Waals surface area contributed by atoms with Gasteiger partial charge in [0.25, 0.3) is 0 Å². The van der Waals surface area contributed by atoms with E-state index in [0.717, 1.165) is 17.3 Å². The van der Waals surface area contributed by atoms with Crippen molar-refractivity contribution in [1.29, 1.82) is 5.26 Å². The lowest BCUT2D eigenvalue weighted by Crippen LogP contribution is -1.82. The minimum Gasteiger partial charge on any atom is -0.192 e. The van der Waals surface area contributed by atoms with Gasteiger partial charge < -0.3 is 0 Å². The number of nitriles is 1. The van der Waals surface area contributed by atoms with Crippen LogP contribution < -0.4 is 0 Å². The van der Waals surface area contributed by atoms with Gasteiger partial charge in [-0.25, -0.2) is 0 Å². The topological polar surface area (TPSA) is 23.8 Å². The lowest BCUT2D eigenvalue weighted by Gasteiger charge is -1.95. The third-order valence-electron chi connectivity index (χ3n) is 1.36. The second-order valence-corrected chi connectivity index (χ2v) is 2.38. The number of nitrogens with zero attached hydrogens (tertiary/aromatic N) is 1. The van der Waals surface area contributed by atoms with Gasteiger partial charge in [0, 0.05) is 0 Å². The van der Waals surface area contributed by atoms with Gasteiger partial charge in [-0.15, -0.1) is 9.24 Å². The zero-order valence-electron chi connectivity index (χ0n) is 5.54. The molecule has 1 rings (SSSR count). The van der Waals surface area contributed by atoms with E-state index >= 15 is 0 Å². The zero-order chi connectivity index (χ0) is 7.40. The van der Waals surface area contributed by atoms with E-state index in [1.165, 1.54) is 0 Å². The highest BCUT2D eigenvalue weighted by molar-refractivity contribution is 7.15. The van der Waals surface area contributed by atoms with Crippen molar-refractivity contribution in [3.05, 3.63) is 35.4 Å². The molecule has 0 saturated heterocycles. The Morgan fingerprint density at radius 1 is 1.40 bits per heavy atom. The van der Waals surface area contributed by atoms with Crippen molar-refractivity contribution in [2.75, 3.05) is 0 Å². The number of hydrogen-bond acceptors (Lipinski definition) is 1. The van der Waals surface area contributed by atoms with Gasteiger partial charge in [-0.2, -0.15) is 5.26 Å². The van der Waals surface area contributed by atoms with Crippen LogP contribution in [0.3, 0.4) is 0 Å². The van der Waals surface area contributed by atoms with Crippen molar-refractivity contribution >= 4 is 9.24 Å². The summed E-state index contributed by atoms with van der Waals surface area (Å²) in [4.78, 5) is 0. The van der Waals surface area contributed by atoms with Crippen LogP contribution in [0.2, 0.25) is 0 Å². The molecule has 0 radical (unpaired) electrons. The molecule has 0 aliphatic rings. The average Bonchev–Trinajstić information content (AvgIpc) is 2.04. The minimum atomic E-state index is 0.775. The molecule has 0 saturated carbocycles. The smallest absolute Gasteiger partial charge is 0.0994 e. The maximum Gasteiger partial charge on any atom is 0.0994 e. The lowest BCUT2D eigenvalue weighted by atomic mass is 10.1. The van der Waals surface area contributed by atoms with E-state index in [-0.39, 0.29) is 0 Å². The summed E-state index contributed by atoms with van der Waals surface area (Å²) in [5.41, 5.74) is 1.87. The van der Waals surface area contributed by atoms with Gasteiger partial charge in [0.1, 0.15) is 0 Å². The molecule has 0 aliphatic heterocycles. The summed E-state index contributed by atoms with van der Waals surface area (Å²) in [5, 5.41) is 8.59. The van der Waals surface area contributed by atoms with Gasteiger partial charge in [-0.3, -0.25) is 0 Å². The quantitative estimate of drug-likeness (QED) is 0.559. The summed E-state index contributed by atoms with van der Waals surface area (Å²) in [6, 6.07) is 9.75. The first-order valence-electron chi connectivity index (χ1n) is 3.06. The van der Waals surface area contributed by atoms with Crippen molar-refractivity contribution in [2.45, 2.75) is 6.16 Å². The Labute approximate surface area is 62.9 Å². The Hall–Kier alpha value is -0.860. The summed E-state index contributed by atoms with van der Waals surface area (Å²) in [6.07, 6.45) is 0.851. The van der Waals surface area contributed by atoms with E-state index in [4.69, 9.17) is 5.26 Å². The van der Waals surface area contributed by atoms with Gasteiger partial charge in [-0.05, 0) is 17.8 Å². The molecule has 1 atom stereocenters. The second-order valence-electron chi connectivity index (χ2n) is 1.97. The second kappa shape index (κ2) is 3.34. The van der Waals surface area contributed by atoms with Crippen LogP contribution in [0, 0.1) is 11.3 Å². The summed E-state index contributed by atoms with van der Waals surface area (Å²) in [7, 11) is 2.61. The first-order chi connectivity index (χ1) is 4.88. The summed E-state index contributed by atoms with van der Waals surface area (Å²) in [5.74, 6) is 0. The average molecular weight is 149 g/mol. The van der Waals surface area contributed by atoms with E-state index in [0.29, 0.717) is 0 Å². The number of hydrogen-bond donors (Lipinski definition) is 0. The Morgan fingerprint density at radius 2 is 2.10 bits per heavy atom. The molecule has 0 aliphatic carbocycles. The first-order valence-corrected chi connectivity index (χ1v) is 3.88. The zero-order valence-corrected chi connectivity index (χ0v) is 6.70. The lowest BCUT2D eigenvalue weighted by molar-refractivity contribution is 1.36. The molecule has 2 heteroatoms. The molecule has 50 valence electrons. The van der Waals surface area contributed by atoms with E-state index < -0.39 is 0 Å². The molecule has 0 fully saturated rings. The highest BCUT2D eigenvalue weighted by Crippen LogP contribution is 2.10. The van der Waals surface area contributed by atoms with Crippen LogP contribution in [-0.4, -0.2) is 0 Å². The Kier molecular flexibility index (Phi) is 2.42. The van der Waals surface area contributed by atoms with Crippen LogP contribution in [0.5, 0.6) is 0 Å². The molecular formula is C8H8NP. The molecule has 1 aromatic rings. The SMILES string of the molecule is N#Cc1ccccc1CP. The van der Waals surface area contributed by atoms with Crippen molar-refractivity contribution in [3.63, 3.8) is 0 Å². The third-order valence-corrected chi connectivity index (χ3v) is 1.80. The Morgan fingerprint density at radius 3 is 2.60 bits per heavy atom. The highest BCUT2D eigenvalue weighted by Gasteiger charge is 1.94. The fourth-order valence-corrected chi connectivity index (χ4v) is 1.16. The molecule has 10 heavy (non-hydrogen) atoms. The van der Waals surface area contributed by atoms with Crippen molar-refractivity contribution in [1.82, 2.24) is 0 Å². The van der Waals surface area contributed by atoms with Gasteiger partial charge in [0.15, 0.2) is 0 Å². The first kappa shape index (κ1) is 7.25. The molecule has 1 aromatic carbocycles. The molecule has 0 bridgehead atoms. The van der Waals surface area contributed by atoms with Crippen LogP contribution in [0.25, 0.3) is 0 Å². The summed E-state index contributed by atoms with van der Waals surface area (Å²) < 4.78 is 0. The number of benzene rings is 1. The predicted octanol–water partition coefficient (Wildman–Crippen LogP) is 1.93. The fourth-order valence-electron chi connectivity index (χ4n) is 0.807. The van der Waals surface area contributed by atoms with Crippen LogP contribution in [0.15, 0.2) is 24.3 Å². The van der Waals surface area contributed by atoms with Gasteiger partial charge in [-0.1, -0.05) is 18.2 Å². The molecule has 0 N–H and O–H groups in total. The van der Waals surface area contributed by atoms with Crippen LogP contribution >= 0.6 is 9.24 Å². The predicted molar refractivity (Wildman–Crippen MR) is 44.6 cm³/mol. The largest absolute Gasteiger partial charge is 0.192 e. The third kappa shape index (κ3) is 1.35. The normalized spacial score (nSPS) is 8.80. The van der Waals surface area contributed by atoms with Crippen molar-refractivity contribution in [2.24, 2.45) is 0 Å². The van der Waals surface area contributed by atoms with Crippen LogP contribution in [-0.2, 0) is 6.16 Å². The maximum absolute atomic E-state index is 8.59. The minimum absolute atomic E-state index is 0.775. The van der Waals surface area contributed by atoms with Gasteiger partial charge in [0.2, 0.25) is 0 Å². The maximum atomic E-state index is 8.59. The monoisotopic (exact) mass is 149 g/mol. The van der Waals surface area contributed by atoms with Crippen molar-refractivity contribution in [3.8, 4) is 6.07 Å². The summed E-state index contributed by atoms with van der Waals surface area (Å²) in [6.45, 7) is 0. The summed E-state index contributed by atoms with van der Waals surface area (Å²) >= 11 is 0. The molecule has 0 spiro atoms. The molecule has 1 unspecified atom stereocenters. The van der Waals surface area contributed by atoms with E-state index in [2.05, 4.69) is 15.3 Å². The van der Waals surface area contributed by atoms with E-state index in [1.807, 2.05) is 24.3 Å². The molecule has 1 nitrogen and oxygen atoms in total. The van der Waals surface area contributed by atoms with E-state index in [9.17, 15) is 0 Å². The molecule has 0 aromatic heterocycles. The Balaban J connectivity index is 3.12. The Bertz CT molecular complexity index is 262. The molecular weight excluding hydrogens is 141 g/mol. The fraction of sp³-hybridized carbons (Fsp3) is 0.125. The van der Waals surface area contributed by atoms with Crippen LogP contribution in [0.1, 0.15) is 11.1 Å². The van der Waals surface area contributed by atoms with Crippen LogP contribution in [0.4, 0.5) is 0 Å². The van der Waals surface area contributed by atoms with Gasteiger partial charge in [0.05, 0.1) is 11.6 Å². The highest BCUT2D eigenvalue weighted by atomic mass is 31.0.